The molecule has 2 rings (SSSR count). The van der Waals surface area contributed by atoms with Crippen LogP contribution in [0, 0.1) is 0 Å². The van der Waals surface area contributed by atoms with Gasteiger partial charge in [0.15, 0.2) is 0 Å². The quantitative estimate of drug-likeness (QED) is 0.552. The molecule has 20 heavy (non-hydrogen) atoms. The first-order chi connectivity index (χ1) is 9.76. The lowest BCUT2D eigenvalue weighted by Crippen LogP contribution is -1.98. The molecule has 0 saturated heterocycles. The van der Waals surface area contributed by atoms with Crippen LogP contribution >= 0.6 is 0 Å². The van der Waals surface area contributed by atoms with Crippen molar-refractivity contribution in [2.45, 2.75) is 13.3 Å². The van der Waals surface area contributed by atoms with Crippen LogP contribution < -0.4 is 0 Å². The third-order valence-electron chi connectivity index (χ3n) is 3.11. The van der Waals surface area contributed by atoms with Crippen LogP contribution in [0.15, 0.2) is 88.7 Å². The third-order valence-corrected chi connectivity index (χ3v) is 3.11. The van der Waals surface area contributed by atoms with Crippen LogP contribution in [-0.4, -0.2) is 11.9 Å². The van der Waals surface area contributed by atoms with Crippen LogP contribution in [0.5, 0.6) is 0 Å². The maximum Gasteiger partial charge on any atom is 0.0669 e. The number of benzene rings is 1. The lowest BCUT2D eigenvalue weighted by Gasteiger charge is -2.03. The Morgan fingerprint density at radius 3 is 2.70 bits per heavy atom. The van der Waals surface area contributed by atoms with Crippen molar-refractivity contribution in [2.24, 2.45) is 9.98 Å². The van der Waals surface area contributed by atoms with Gasteiger partial charge in [0.1, 0.15) is 0 Å². The topological polar surface area (TPSA) is 24.7 Å². The molecule has 0 bridgehead atoms. The molecule has 0 atom stereocenters. The maximum atomic E-state index is 4.65. The van der Waals surface area contributed by atoms with Crippen LogP contribution in [0.4, 0.5) is 0 Å². The molecule has 100 valence electrons. The number of allylic oxidation sites excluding steroid dienone is 4. The summed E-state index contributed by atoms with van der Waals surface area (Å²) >= 11 is 0. The van der Waals surface area contributed by atoms with Gasteiger partial charge in [-0.2, -0.15) is 0 Å². The molecule has 0 N–H and O–H groups in total. The van der Waals surface area contributed by atoms with E-state index >= 15 is 0 Å². The first-order valence-electron chi connectivity index (χ1n) is 6.58. The van der Waals surface area contributed by atoms with E-state index in [1.165, 1.54) is 0 Å². The van der Waals surface area contributed by atoms with Crippen molar-refractivity contribution in [3.05, 3.63) is 84.2 Å². The highest BCUT2D eigenvalue weighted by molar-refractivity contribution is 6.05. The first kappa shape index (κ1) is 13.9. The minimum Gasteiger partial charge on any atom is -0.269 e. The molecule has 1 aliphatic heterocycles. The molecule has 1 aromatic rings. The molecule has 0 amide bonds. The van der Waals surface area contributed by atoms with Crippen LogP contribution in [0.3, 0.4) is 0 Å². The number of hydrogen-bond donors (Lipinski definition) is 0. The van der Waals surface area contributed by atoms with Crippen LogP contribution in [-0.2, 0) is 0 Å². The zero-order valence-corrected chi connectivity index (χ0v) is 11.7. The summed E-state index contributed by atoms with van der Waals surface area (Å²) < 4.78 is 0. The van der Waals surface area contributed by atoms with Crippen LogP contribution in [0.2, 0.25) is 0 Å². The van der Waals surface area contributed by atoms with Crippen molar-refractivity contribution in [1.82, 2.24) is 0 Å². The molecule has 1 aliphatic rings. The second-order valence-corrected chi connectivity index (χ2v) is 4.42. The molecule has 2 heteroatoms. The number of aliphatic imine (C=N–C) groups is 2. The predicted molar refractivity (Wildman–Crippen MR) is 87.3 cm³/mol. The van der Waals surface area contributed by atoms with Gasteiger partial charge in [-0.1, -0.05) is 43.5 Å². The van der Waals surface area contributed by atoms with Crippen LogP contribution in [0.25, 0.3) is 0 Å². The molecule has 0 fully saturated rings. The molecule has 0 radical (unpaired) electrons. The van der Waals surface area contributed by atoms with E-state index in [1.807, 2.05) is 31.2 Å². The minimum absolute atomic E-state index is 0.782. The lowest BCUT2D eigenvalue weighted by molar-refractivity contribution is 1.30. The Bertz CT molecular complexity index is 629. The fourth-order valence-electron chi connectivity index (χ4n) is 2.07. The Labute approximate surface area is 120 Å². The van der Waals surface area contributed by atoms with Crippen LogP contribution in [0.1, 0.15) is 18.9 Å². The number of rotatable bonds is 5. The summed E-state index contributed by atoms with van der Waals surface area (Å²) in [6.45, 7) is 9.82. The second-order valence-electron chi connectivity index (χ2n) is 4.42. The molecule has 0 aliphatic carbocycles. The molecule has 0 spiro atoms. The summed E-state index contributed by atoms with van der Waals surface area (Å²) in [5.41, 5.74) is 5.15. The van der Waals surface area contributed by atoms with E-state index in [-0.39, 0.29) is 0 Å². The monoisotopic (exact) mass is 262 g/mol. The van der Waals surface area contributed by atoms with Crippen molar-refractivity contribution < 1.29 is 0 Å². The normalized spacial score (nSPS) is 15.2. The molecule has 1 heterocycles. The first-order valence-corrected chi connectivity index (χ1v) is 6.58. The van der Waals surface area contributed by atoms with Gasteiger partial charge in [-0.25, -0.2) is 0 Å². The average Bonchev–Trinajstić information content (AvgIpc) is 2.92. The zero-order chi connectivity index (χ0) is 14.4. The van der Waals surface area contributed by atoms with E-state index in [1.54, 1.807) is 18.5 Å². The smallest absolute Gasteiger partial charge is 0.0669 e. The Hall–Kier alpha value is -2.48. The standard InChI is InChI=1S/C18H18N2/c1-4-17-16(14(3)11-12-19-5-2)13-18(20-17)15-9-7-6-8-10-15/h4-12H,1,3,13H2,2H3/b12-11-,19-5?. The van der Waals surface area contributed by atoms with Gasteiger partial charge in [0.2, 0.25) is 0 Å². The van der Waals surface area contributed by atoms with E-state index in [0.29, 0.717) is 0 Å². The summed E-state index contributed by atoms with van der Waals surface area (Å²) in [5, 5.41) is 0. The van der Waals surface area contributed by atoms with Gasteiger partial charge in [-0.05, 0) is 35.8 Å². The van der Waals surface area contributed by atoms with Gasteiger partial charge in [-0.3, -0.25) is 9.98 Å². The van der Waals surface area contributed by atoms with E-state index in [4.69, 9.17) is 0 Å². The summed E-state index contributed by atoms with van der Waals surface area (Å²) in [5.74, 6) is 0. The van der Waals surface area contributed by atoms with Crippen molar-refractivity contribution in [2.75, 3.05) is 0 Å². The van der Waals surface area contributed by atoms with Gasteiger partial charge < -0.3 is 0 Å². The largest absolute Gasteiger partial charge is 0.269 e. The molecular formula is C18H18N2. The molecule has 0 unspecified atom stereocenters. The second kappa shape index (κ2) is 6.62. The summed E-state index contributed by atoms with van der Waals surface area (Å²) in [7, 11) is 0. The van der Waals surface area contributed by atoms with Crippen molar-refractivity contribution in [3.63, 3.8) is 0 Å². The number of nitrogens with zero attached hydrogens (tertiary/aromatic N) is 2. The number of hydrogen-bond acceptors (Lipinski definition) is 2. The lowest BCUT2D eigenvalue weighted by atomic mass is 9.99. The summed E-state index contributed by atoms with van der Waals surface area (Å²) in [6, 6.07) is 10.2. The van der Waals surface area contributed by atoms with E-state index in [9.17, 15) is 0 Å². The Balaban J connectivity index is 2.21. The van der Waals surface area contributed by atoms with Crippen molar-refractivity contribution in [1.29, 1.82) is 0 Å². The molecule has 0 aromatic heterocycles. The molecule has 1 aromatic carbocycles. The fourth-order valence-corrected chi connectivity index (χ4v) is 2.07. The average molecular weight is 262 g/mol. The highest BCUT2D eigenvalue weighted by Crippen LogP contribution is 2.29. The molecular weight excluding hydrogens is 244 g/mol. The fraction of sp³-hybridized carbons (Fsp3) is 0.111. The van der Waals surface area contributed by atoms with Gasteiger partial charge in [0.25, 0.3) is 0 Å². The summed E-state index contributed by atoms with van der Waals surface area (Å²) in [6.07, 6.45) is 7.96. The summed E-state index contributed by atoms with van der Waals surface area (Å²) in [4.78, 5) is 8.71. The Kier molecular flexibility index (Phi) is 4.61. The van der Waals surface area contributed by atoms with E-state index in [2.05, 4.69) is 35.3 Å². The Morgan fingerprint density at radius 1 is 1.30 bits per heavy atom. The van der Waals surface area contributed by atoms with E-state index < -0.39 is 0 Å². The zero-order valence-electron chi connectivity index (χ0n) is 11.7. The van der Waals surface area contributed by atoms with E-state index in [0.717, 1.165) is 34.5 Å². The van der Waals surface area contributed by atoms with Gasteiger partial charge >= 0.3 is 0 Å². The van der Waals surface area contributed by atoms with Gasteiger partial charge in [0, 0.05) is 18.8 Å². The SMILES string of the molecule is C=CC1=C(C(=C)/C=C\N=CC)CC(c2ccccc2)=N1. The third kappa shape index (κ3) is 3.09. The minimum atomic E-state index is 0.782. The molecule has 2 nitrogen and oxygen atoms in total. The molecule has 0 saturated carbocycles. The predicted octanol–water partition coefficient (Wildman–Crippen LogP) is 4.48. The van der Waals surface area contributed by atoms with Crippen molar-refractivity contribution in [3.8, 4) is 0 Å². The van der Waals surface area contributed by atoms with Gasteiger partial charge in [-0.15, -0.1) is 0 Å². The Morgan fingerprint density at radius 2 is 2.05 bits per heavy atom. The van der Waals surface area contributed by atoms with Crippen molar-refractivity contribution >= 4 is 11.9 Å². The highest BCUT2D eigenvalue weighted by Gasteiger charge is 2.18. The highest BCUT2D eigenvalue weighted by atomic mass is 14.8. The van der Waals surface area contributed by atoms with Gasteiger partial charge in [0.05, 0.1) is 11.4 Å². The maximum absolute atomic E-state index is 4.65.